The molecule has 1 amide bonds. The number of carbonyl (C=O) groups excluding carboxylic acids is 1. The molecule has 3 rings (SSSR count). The molecule has 1 aromatic heterocycles. The molecule has 0 saturated carbocycles. The Bertz CT molecular complexity index is 687. The van der Waals surface area contributed by atoms with Crippen LogP contribution >= 0.6 is 23.1 Å². The highest BCUT2D eigenvalue weighted by atomic mass is 32.2. The third-order valence-electron chi connectivity index (χ3n) is 2.76. The van der Waals surface area contributed by atoms with Crippen molar-refractivity contribution in [3.63, 3.8) is 0 Å². The fraction of sp³-hybridized carbons (Fsp3) is 0.231. The second kappa shape index (κ2) is 5.82. The van der Waals surface area contributed by atoms with Gasteiger partial charge in [-0.15, -0.1) is 11.8 Å². The van der Waals surface area contributed by atoms with Crippen molar-refractivity contribution in [1.82, 2.24) is 4.98 Å². The van der Waals surface area contributed by atoms with Gasteiger partial charge in [-0.3, -0.25) is 4.79 Å². The summed E-state index contributed by atoms with van der Waals surface area (Å²) in [7, 11) is 0. The summed E-state index contributed by atoms with van der Waals surface area (Å²) in [5.41, 5.74) is 7.17. The average molecular weight is 323 g/mol. The zero-order chi connectivity index (χ0) is 14.8. The number of benzene rings is 1. The molecule has 0 aliphatic carbocycles. The van der Waals surface area contributed by atoms with E-state index in [1.807, 2.05) is 6.92 Å². The summed E-state index contributed by atoms with van der Waals surface area (Å²) in [5, 5.41) is 3.35. The fourth-order valence-electron chi connectivity index (χ4n) is 1.84. The van der Waals surface area contributed by atoms with Crippen LogP contribution in [0.5, 0.6) is 11.5 Å². The lowest BCUT2D eigenvalue weighted by molar-refractivity contribution is -0.113. The smallest absolute Gasteiger partial charge is 0.234 e. The number of aryl methyl sites for hydroxylation is 1. The second-order valence-corrected chi connectivity index (χ2v) is 6.60. The quantitative estimate of drug-likeness (QED) is 0.841. The molecule has 0 fully saturated rings. The number of nitrogen functional groups attached to an aromatic ring is 1. The zero-order valence-electron chi connectivity index (χ0n) is 11.2. The summed E-state index contributed by atoms with van der Waals surface area (Å²) in [5.74, 6) is 1.55. The van der Waals surface area contributed by atoms with E-state index in [-0.39, 0.29) is 12.7 Å². The molecule has 0 atom stereocenters. The maximum Gasteiger partial charge on any atom is 0.234 e. The number of thioether (sulfide) groups is 1. The normalized spacial score (nSPS) is 12.4. The molecule has 1 aliphatic rings. The van der Waals surface area contributed by atoms with Gasteiger partial charge in [-0.1, -0.05) is 11.3 Å². The number of fused-ring (bicyclic) bond motifs is 1. The van der Waals surface area contributed by atoms with Crippen LogP contribution in [-0.4, -0.2) is 23.4 Å². The molecule has 2 aromatic rings. The molecule has 21 heavy (non-hydrogen) atoms. The van der Waals surface area contributed by atoms with Gasteiger partial charge in [0.05, 0.1) is 15.7 Å². The Morgan fingerprint density at radius 1 is 1.48 bits per heavy atom. The number of rotatable bonds is 4. The lowest BCUT2D eigenvalue weighted by atomic mass is 10.3. The monoisotopic (exact) mass is 323 g/mol. The average Bonchev–Trinajstić information content (AvgIpc) is 3.02. The third-order valence-corrected chi connectivity index (χ3v) is 5.11. The molecule has 6 nitrogen and oxygen atoms in total. The topological polar surface area (TPSA) is 86.5 Å². The predicted octanol–water partition coefficient (Wildman–Crippen LogP) is 2.49. The summed E-state index contributed by atoms with van der Waals surface area (Å²) in [6, 6.07) is 5.31. The number of nitrogens with one attached hydrogen (secondary N) is 1. The SMILES string of the molecule is Cc1nc(N)sc1SCC(=O)Nc1ccc2c(c1)OCO2. The molecule has 0 spiro atoms. The highest BCUT2D eigenvalue weighted by molar-refractivity contribution is 8.01. The van der Waals surface area contributed by atoms with E-state index in [0.717, 1.165) is 9.90 Å². The van der Waals surface area contributed by atoms with Gasteiger partial charge in [-0.2, -0.15) is 0 Å². The Kier molecular flexibility index (Phi) is 3.89. The van der Waals surface area contributed by atoms with Gasteiger partial charge in [0.2, 0.25) is 12.7 Å². The number of hydrogen-bond donors (Lipinski definition) is 2. The Hall–Kier alpha value is -1.93. The first kappa shape index (κ1) is 14.0. The largest absolute Gasteiger partial charge is 0.454 e. The maximum atomic E-state index is 12.0. The number of amides is 1. The van der Waals surface area contributed by atoms with Crippen LogP contribution in [0.1, 0.15) is 5.69 Å². The van der Waals surface area contributed by atoms with Crippen LogP contribution in [0.2, 0.25) is 0 Å². The van der Waals surface area contributed by atoms with Crippen molar-refractivity contribution >= 4 is 39.8 Å². The van der Waals surface area contributed by atoms with Gasteiger partial charge in [0.25, 0.3) is 0 Å². The second-order valence-electron chi connectivity index (χ2n) is 4.33. The van der Waals surface area contributed by atoms with Crippen LogP contribution in [-0.2, 0) is 4.79 Å². The first-order valence-electron chi connectivity index (χ1n) is 6.17. The number of hydrogen-bond acceptors (Lipinski definition) is 7. The van der Waals surface area contributed by atoms with Crippen LogP contribution in [0.3, 0.4) is 0 Å². The lowest BCUT2D eigenvalue weighted by Crippen LogP contribution is -2.13. The summed E-state index contributed by atoms with van der Waals surface area (Å²) in [6.45, 7) is 2.10. The number of anilines is 2. The van der Waals surface area contributed by atoms with Crippen molar-refractivity contribution in [3.05, 3.63) is 23.9 Å². The Labute approximate surface area is 129 Å². The van der Waals surface area contributed by atoms with Crippen molar-refractivity contribution in [2.24, 2.45) is 0 Å². The highest BCUT2D eigenvalue weighted by Crippen LogP contribution is 2.34. The van der Waals surface area contributed by atoms with Crippen molar-refractivity contribution < 1.29 is 14.3 Å². The van der Waals surface area contributed by atoms with E-state index >= 15 is 0 Å². The Balaban J connectivity index is 1.58. The number of aromatic nitrogens is 1. The molecule has 3 N–H and O–H groups in total. The van der Waals surface area contributed by atoms with E-state index in [4.69, 9.17) is 15.2 Å². The Morgan fingerprint density at radius 2 is 2.29 bits per heavy atom. The maximum absolute atomic E-state index is 12.0. The van der Waals surface area contributed by atoms with Gasteiger partial charge in [0.1, 0.15) is 0 Å². The molecule has 0 radical (unpaired) electrons. The van der Waals surface area contributed by atoms with Gasteiger partial charge in [-0.25, -0.2) is 4.98 Å². The first-order valence-corrected chi connectivity index (χ1v) is 7.97. The molecular formula is C13H13N3O3S2. The van der Waals surface area contributed by atoms with Crippen molar-refractivity contribution in [3.8, 4) is 11.5 Å². The van der Waals surface area contributed by atoms with Crippen molar-refractivity contribution in [2.75, 3.05) is 23.6 Å². The lowest BCUT2D eigenvalue weighted by Gasteiger charge is -2.05. The van der Waals surface area contributed by atoms with E-state index in [0.29, 0.717) is 28.1 Å². The van der Waals surface area contributed by atoms with Gasteiger partial charge in [0, 0.05) is 11.8 Å². The molecular weight excluding hydrogens is 310 g/mol. The summed E-state index contributed by atoms with van der Waals surface area (Å²) >= 11 is 2.82. The van der Waals surface area contributed by atoms with Crippen LogP contribution in [0, 0.1) is 6.92 Å². The molecule has 0 unspecified atom stereocenters. The van der Waals surface area contributed by atoms with E-state index in [1.54, 1.807) is 18.2 Å². The number of nitrogens with zero attached hydrogens (tertiary/aromatic N) is 1. The van der Waals surface area contributed by atoms with Crippen molar-refractivity contribution in [2.45, 2.75) is 11.1 Å². The van der Waals surface area contributed by atoms with E-state index in [2.05, 4.69) is 10.3 Å². The molecule has 8 heteroatoms. The van der Waals surface area contributed by atoms with Gasteiger partial charge >= 0.3 is 0 Å². The van der Waals surface area contributed by atoms with E-state index < -0.39 is 0 Å². The van der Waals surface area contributed by atoms with Crippen LogP contribution in [0.25, 0.3) is 0 Å². The van der Waals surface area contributed by atoms with Crippen LogP contribution in [0.4, 0.5) is 10.8 Å². The minimum absolute atomic E-state index is 0.0924. The number of carbonyl (C=O) groups is 1. The van der Waals surface area contributed by atoms with Gasteiger partial charge in [-0.05, 0) is 19.1 Å². The fourth-order valence-corrected chi connectivity index (χ4v) is 3.66. The molecule has 1 aromatic carbocycles. The van der Waals surface area contributed by atoms with Crippen LogP contribution in [0.15, 0.2) is 22.4 Å². The van der Waals surface area contributed by atoms with Crippen molar-refractivity contribution in [1.29, 1.82) is 0 Å². The molecule has 1 aliphatic heterocycles. The summed E-state index contributed by atoms with van der Waals surface area (Å²) in [4.78, 5) is 16.1. The molecule has 110 valence electrons. The third kappa shape index (κ3) is 3.22. The molecule has 0 saturated heterocycles. The Morgan fingerprint density at radius 3 is 3.05 bits per heavy atom. The first-order chi connectivity index (χ1) is 10.1. The van der Waals surface area contributed by atoms with Gasteiger partial charge in [0.15, 0.2) is 16.6 Å². The highest BCUT2D eigenvalue weighted by Gasteiger charge is 2.14. The zero-order valence-corrected chi connectivity index (χ0v) is 12.8. The number of ether oxygens (including phenoxy) is 2. The van der Waals surface area contributed by atoms with E-state index in [9.17, 15) is 4.79 Å². The van der Waals surface area contributed by atoms with E-state index in [1.165, 1.54) is 23.1 Å². The summed E-state index contributed by atoms with van der Waals surface area (Å²) in [6.07, 6.45) is 0. The number of nitrogens with two attached hydrogens (primary N) is 1. The van der Waals surface area contributed by atoms with Gasteiger partial charge < -0.3 is 20.5 Å². The molecule has 2 heterocycles. The van der Waals surface area contributed by atoms with Crippen LogP contribution < -0.4 is 20.5 Å². The minimum Gasteiger partial charge on any atom is -0.454 e. The standard InChI is InChI=1S/C13H13N3O3S2/c1-7-12(21-13(14)15-7)20-5-11(17)16-8-2-3-9-10(4-8)19-6-18-9/h2-4H,5-6H2,1H3,(H2,14,15)(H,16,17). The summed E-state index contributed by atoms with van der Waals surface area (Å²) < 4.78 is 11.5. The minimum atomic E-state index is -0.0924. The number of thiazole rings is 1. The molecule has 0 bridgehead atoms. The predicted molar refractivity (Wildman–Crippen MR) is 83.2 cm³/mol.